The maximum absolute atomic E-state index is 12.6. The van der Waals surface area contributed by atoms with E-state index in [4.69, 9.17) is 28.6 Å². The summed E-state index contributed by atoms with van der Waals surface area (Å²) in [5.74, 6) is -0.157. The van der Waals surface area contributed by atoms with Gasteiger partial charge >= 0.3 is 5.97 Å². The van der Waals surface area contributed by atoms with Crippen LogP contribution in [0.4, 0.5) is 0 Å². The second-order valence-electron chi connectivity index (χ2n) is 5.80. The number of esters is 1. The summed E-state index contributed by atoms with van der Waals surface area (Å²) >= 11 is 11.2. The fourth-order valence-corrected chi connectivity index (χ4v) is 3.04. The first-order chi connectivity index (χ1) is 13.6. The van der Waals surface area contributed by atoms with Crippen molar-refractivity contribution in [3.63, 3.8) is 0 Å². The maximum atomic E-state index is 12.6. The summed E-state index contributed by atoms with van der Waals surface area (Å²) in [6, 6.07) is 18.1. The Labute approximate surface area is 173 Å². The first-order valence-corrected chi connectivity index (χ1v) is 9.44. The van der Waals surface area contributed by atoms with Crippen molar-refractivity contribution < 1.29 is 9.53 Å². The van der Waals surface area contributed by atoms with Gasteiger partial charge in [0.2, 0.25) is 0 Å². The van der Waals surface area contributed by atoms with E-state index >= 15 is 0 Å². The van der Waals surface area contributed by atoms with Gasteiger partial charge in [0.25, 0.3) is 0 Å². The minimum Gasteiger partial charge on any atom is -0.422 e. The molecule has 0 unspecified atom stereocenters. The molecule has 0 atom stereocenters. The Morgan fingerprint density at radius 3 is 2.68 bits per heavy atom. The van der Waals surface area contributed by atoms with Crippen molar-refractivity contribution in [1.82, 2.24) is 10.7 Å². The molecule has 0 fully saturated rings. The molecule has 28 heavy (non-hydrogen) atoms. The topological polar surface area (TPSA) is 62.7 Å². The number of carbonyl (C=O) groups excluding carboxylic acids is 1. The van der Waals surface area contributed by atoms with Crippen molar-refractivity contribution >= 4 is 51.9 Å². The average molecular weight is 412 g/mol. The summed E-state index contributed by atoms with van der Waals surface area (Å²) in [6.45, 7) is 2.63. The molecule has 7 heteroatoms. The fraction of sp³-hybridized carbons (Fsp3) is 0.0952. The summed E-state index contributed by atoms with van der Waals surface area (Å²) in [7, 11) is 0. The number of nitrogens with one attached hydrogen (secondary N) is 2. The number of hydrogen-bond acceptors (Lipinski definition) is 4. The Bertz CT molecular complexity index is 1050. The van der Waals surface area contributed by atoms with Crippen molar-refractivity contribution in [3.05, 3.63) is 76.8 Å². The molecule has 3 aromatic carbocycles. The molecule has 142 valence electrons. The lowest BCUT2D eigenvalue weighted by Crippen LogP contribution is -2.31. The Hall–Kier alpha value is -2.96. The molecule has 0 bridgehead atoms. The van der Waals surface area contributed by atoms with Crippen LogP contribution in [0.25, 0.3) is 10.8 Å². The van der Waals surface area contributed by atoms with Gasteiger partial charge in [0, 0.05) is 12.1 Å². The summed E-state index contributed by atoms with van der Waals surface area (Å²) in [5.41, 5.74) is 3.70. The molecule has 0 saturated carbocycles. The SMILES string of the molecule is CCNC(=S)NN=Cc1c(OC(=O)c2ccccc2Cl)ccc2ccccc12. The standard InChI is InChI=1S/C21H18ClN3O2S/c1-2-23-21(28)25-24-13-17-15-8-4-3-7-14(15)11-12-19(17)27-20(26)16-9-5-6-10-18(16)22/h3-13H,2H2,1H3,(H2,23,25,28). The van der Waals surface area contributed by atoms with E-state index < -0.39 is 5.97 Å². The van der Waals surface area contributed by atoms with Gasteiger partial charge in [-0.05, 0) is 48.1 Å². The van der Waals surface area contributed by atoms with Crippen LogP contribution in [0.1, 0.15) is 22.8 Å². The molecule has 0 aliphatic rings. The van der Waals surface area contributed by atoms with E-state index in [0.717, 1.165) is 10.8 Å². The second-order valence-corrected chi connectivity index (χ2v) is 6.61. The summed E-state index contributed by atoms with van der Waals surface area (Å²) in [4.78, 5) is 12.6. The highest BCUT2D eigenvalue weighted by Crippen LogP contribution is 2.28. The predicted molar refractivity (Wildman–Crippen MR) is 117 cm³/mol. The first-order valence-electron chi connectivity index (χ1n) is 8.65. The molecule has 0 heterocycles. The van der Waals surface area contributed by atoms with Gasteiger partial charge in [-0.2, -0.15) is 5.10 Å². The van der Waals surface area contributed by atoms with Crippen molar-refractivity contribution in [2.45, 2.75) is 6.92 Å². The summed E-state index contributed by atoms with van der Waals surface area (Å²) < 4.78 is 5.63. The van der Waals surface area contributed by atoms with Gasteiger partial charge in [-0.25, -0.2) is 4.79 Å². The van der Waals surface area contributed by atoms with E-state index in [1.165, 1.54) is 0 Å². The molecule has 0 radical (unpaired) electrons. The molecule has 0 aliphatic heterocycles. The predicted octanol–water partition coefficient (Wildman–Crippen LogP) is 4.53. The molecule has 0 amide bonds. The third-order valence-electron chi connectivity index (χ3n) is 3.92. The number of hydrazone groups is 1. The number of rotatable bonds is 5. The smallest absolute Gasteiger partial charge is 0.345 e. The summed E-state index contributed by atoms with van der Waals surface area (Å²) in [6.07, 6.45) is 1.58. The van der Waals surface area contributed by atoms with Crippen LogP contribution in [0.3, 0.4) is 0 Å². The van der Waals surface area contributed by atoms with Crippen molar-refractivity contribution in [1.29, 1.82) is 0 Å². The number of nitrogens with zero attached hydrogens (tertiary/aromatic N) is 1. The Kier molecular flexibility index (Phi) is 6.57. The number of carbonyl (C=O) groups is 1. The molecule has 2 N–H and O–H groups in total. The van der Waals surface area contributed by atoms with Gasteiger partial charge in [0.1, 0.15) is 5.75 Å². The van der Waals surface area contributed by atoms with E-state index in [2.05, 4.69) is 15.8 Å². The Morgan fingerprint density at radius 2 is 1.89 bits per heavy atom. The lowest BCUT2D eigenvalue weighted by molar-refractivity contribution is 0.0735. The molecule has 0 aliphatic carbocycles. The van der Waals surface area contributed by atoms with Crippen LogP contribution in [0.15, 0.2) is 65.8 Å². The number of ether oxygens (including phenoxy) is 1. The number of halogens is 1. The van der Waals surface area contributed by atoms with E-state index in [0.29, 0.717) is 33.6 Å². The van der Waals surface area contributed by atoms with Crippen molar-refractivity contribution in [2.75, 3.05) is 6.54 Å². The molecule has 3 rings (SSSR count). The van der Waals surface area contributed by atoms with Gasteiger partial charge in [-0.1, -0.05) is 54.1 Å². The molecule has 0 spiro atoms. The molecule has 0 saturated heterocycles. The largest absolute Gasteiger partial charge is 0.422 e. The number of fused-ring (bicyclic) bond motifs is 1. The zero-order valence-corrected chi connectivity index (χ0v) is 16.7. The van der Waals surface area contributed by atoms with E-state index in [1.807, 2.05) is 37.3 Å². The van der Waals surface area contributed by atoms with Gasteiger partial charge in [-0.3, -0.25) is 5.43 Å². The lowest BCUT2D eigenvalue weighted by Gasteiger charge is -2.11. The highest BCUT2D eigenvalue weighted by molar-refractivity contribution is 7.80. The van der Waals surface area contributed by atoms with Crippen molar-refractivity contribution in [3.8, 4) is 5.75 Å². The van der Waals surface area contributed by atoms with Crippen LogP contribution < -0.4 is 15.5 Å². The average Bonchev–Trinajstić information content (AvgIpc) is 2.69. The van der Waals surface area contributed by atoms with Crippen LogP contribution in [-0.2, 0) is 0 Å². The van der Waals surface area contributed by atoms with Crippen LogP contribution in [0, 0.1) is 0 Å². The zero-order valence-electron chi connectivity index (χ0n) is 15.1. The van der Waals surface area contributed by atoms with Crippen LogP contribution in [0.5, 0.6) is 5.75 Å². The third-order valence-corrected chi connectivity index (χ3v) is 4.49. The van der Waals surface area contributed by atoms with Crippen LogP contribution in [-0.4, -0.2) is 23.8 Å². The Morgan fingerprint density at radius 1 is 1.14 bits per heavy atom. The van der Waals surface area contributed by atoms with E-state index in [9.17, 15) is 4.79 Å². The van der Waals surface area contributed by atoms with Crippen LogP contribution in [0.2, 0.25) is 5.02 Å². The molecule has 5 nitrogen and oxygen atoms in total. The molecular formula is C21H18ClN3O2S. The molecule has 3 aromatic rings. The van der Waals surface area contributed by atoms with E-state index in [1.54, 1.807) is 36.5 Å². The fourth-order valence-electron chi connectivity index (χ4n) is 2.63. The number of hydrogen-bond donors (Lipinski definition) is 2. The van der Waals surface area contributed by atoms with Gasteiger partial charge in [0.05, 0.1) is 16.8 Å². The first kappa shape index (κ1) is 19.8. The monoisotopic (exact) mass is 411 g/mol. The third kappa shape index (κ3) is 4.65. The minimum absolute atomic E-state index is 0.298. The van der Waals surface area contributed by atoms with Crippen LogP contribution >= 0.6 is 23.8 Å². The normalized spacial score (nSPS) is 10.8. The highest BCUT2D eigenvalue weighted by Gasteiger charge is 2.15. The Balaban J connectivity index is 1.95. The molecular weight excluding hydrogens is 394 g/mol. The van der Waals surface area contributed by atoms with Gasteiger partial charge < -0.3 is 10.1 Å². The van der Waals surface area contributed by atoms with Gasteiger partial charge in [-0.15, -0.1) is 0 Å². The molecule has 0 aromatic heterocycles. The minimum atomic E-state index is -0.535. The highest BCUT2D eigenvalue weighted by atomic mass is 35.5. The maximum Gasteiger partial charge on any atom is 0.345 e. The lowest BCUT2D eigenvalue weighted by atomic mass is 10.0. The zero-order chi connectivity index (χ0) is 19.9. The number of benzene rings is 3. The quantitative estimate of drug-likeness (QED) is 0.212. The second kappa shape index (κ2) is 9.30. The summed E-state index contributed by atoms with van der Waals surface area (Å²) in [5, 5.41) is 9.76. The number of thiocarbonyl (C=S) groups is 1. The van der Waals surface area contributed by atoms with E-state index in [-0.39, 0.29) is 0 Å². The van der Waals surface area contributed by atoms with Crippen molar-refractivity contribution in [2.24, 2.45) is 5.10 Å². The van der Waals surface area contributed by atoms with Gasteiger partial charge in [0.15, 0.2) is 5.11 Å².